The van der Waals surface area contributed by atoms with Gasteiger partial charge in [-0.2, -0.15) is 10.2 Å². The largest absolute Gasteiger partial charge is 0.383 e. The van der Waals surface area contributed by atoms with Crippen LogP contribution in [0.3, 0.4) is 0 Å². The van der Waals surface area contributed by atoms with Crippen LogP contribution in [0.2, 0.25) is 0 Å². The first-order valence-corrected chi connectivity index (χ1v) is 8.49. The lowest BCUT2D eigenvalue weighted by Crippen LogP contribution is -2.20. The first-order valence-electron chi connectivity index (χ1n) is 8.49. The number of hydrogen-bond acceptors (Lipinski definition) is 4. The van der Waals surface area contributed by atoms with Gasteiger partial charge in [-0.05, 0) is 32.8 Å². The number of nitrogens with one attached hydrogen (secondary N) is 1. The Morgan fingerprint density at radius 1 is 1.38 bits per heavy atom. The maximum absolute atomic E-state index is 12.7. The molecule has 1 amide bonds. The molecule has 0 unspecified atom stereocenters. The third-order valence-corrected chi connectivity index (χ3v) is 4.70. The lowest BCUT2D eigenvalue weighted by molar-refractivity contribution is 0.101. The highest BCUT2D eigenvalue weighted by molar-refractivity contribution is 6.03. The topological polar surface area (TPSA) is 74.0 Å². The summed E-state index contributed by atoms with van der Waals surface area (Å²) in [5.74, 6) is -0.128. The molecule has 1 fully saturated rings. The molecule has 7 heteroatoms. The second-order valence-electron chi connectivity index (χ2n) is 6.32. The first kappa shape index (κ1) is 16.7. The smallest absolute Gasteiger partial charge is 0.274 e. The number of carbonyl (C=O) groups excluding carboxylic acids is 1. The van der Waals surface area contributed by atoms with Gasteiger partial charge in [0.05, 0.1) is 36.3 Å². The van der Waals surface area contributed by atoms with Crippen LogP contribution in [-0.2, 0) is 11.3 Å². The predicted molar refractivity (Wildman–Crippen MR) is 91.3 cm³/mol. The van der Waals surface area contributed by atoms with Gasteiger partial charge in [-0.1, -0.05) is 12.8 Å². The summed E-state index contributed by atoms with van der Waals surface area (Å²) in [4.78, 5) is 12.7. The summed E-state index contributed by atoms with van der Waals surface area (Å²) in [5, 5.41) is 11.9. The summed E-state index contributed by atoms with van der Waals surface area (Å²) in [6.45, 7) is 5.11. The van der Waals surface area contributed by atoms with Gasteiger partial charge in [0.1, 0.15) is 5.69 Å². The quantitative estimate of drug-likeness (QED) is 0.883. The number of amides is 1. The number of nitrogens with zero attached hydrogens (tertiary/aromatic N) is 4. The molecule has 0 atom stereocenters. The van der Waals surface area contributed by atoms with Gasteiger partial charge in [-0.15, -0.1) is 0 Å². The zero-order chi connectivity index (χ0) is 17.1. The van der Waals surface area contributed by atoms with Crippen LogP contribution in [0.25, 0.3) is 0 Å². The van der Waals surface area contributed by atoms with Crippen molar-refractivity contribution in [1.82, 2.24) is 19.6 Å². The number of aromatic nitrogens is 4. The zero-order valence-corrected chi connectivity index (χ0v) is 14.6. The number of methoxy groups -OCH3 is 1. The average molecular weight is 331 g/mol. The van der Waals surface area contributed by atoms with E-state index in [9.17, 15) is 4.79 Å². The van der Waals surface area contributed by atoms with Gasteiger partial charge in [-0.3, -0.25) is 14.2 Å². The molecule has 0 spiro atoms. The van der Waals surface area contributed by atoms with Gasteiger partial charge >= 0.3 is 0 Å². The Bertz CT molecular complexity index is 713. The van der Waals surface area contributed by atoms with E-state index in [0.29, 0.717) is 24.9 Å². The Balaban J connectivity index is 1.78. The second kappa shape index (κ2) is 7.17. The molecule has 7 nitrogen and oxygen atoms in total. The van der Waals surface area contributed by atoms with Crippen LogP contribution in [0.15, 0.2) is 12.3 Å². The van der Waals surface area contributed by atoms with Crippen LogP contribution in [0, 0.1) is 13.8 Å². The Morgan fingerprint density at radius 3 is 2.83 bits per heavy atom. The zero-order valence-electron chi connectivity index (χ0n) is 14.6. The van der Waals surface area contributed by atoms with Crippen molar-refractivity contribution in [3.05, 3.63) is 29.3 Å². The monoisotopic (exact) mass is 331 g/mol. The van der Waals surface area contributed by atoms with Crippen molar-refractivity contribution in [3.8, 4) is 0 Å². The maximum atomic E-state index is 12.7. The van der Waals surface area contributed by atoms with E-state index in [-0.39, 0.29) is 5.91 Å². The lowest BCUT2D eigenvalue weighted by Gasteiger charge is -2.14. The Morgan fingerprint density at radius 2 is 2.12 bits per heavy atom. The summed E-state index contributed by atoms with van der Waals surface area (Å²) in [6, 6.07) is 2.13. The van der Waals surface area contributed by atoms with Crippen LogP contribution in [0.1, 0.15) is 53.6 Å². The van der Waals surface area contributed by atoms with Crippen molar-refractivity contribution >= 4 is 11.6 Å². The van der Waals surface area contributed by atoms with Crippen molar-refractivity contribution in [3.63, 3.8) is 0 Å². The number of rotatable bonds is 6. The van der Waals surface area contributed by atoms with E-state index in [4.69, 9.17) is 4.74 Å². The molecule has 0 radical (unpaired) electrons. The number of anilines is 1. The summed E-state index contributed by atoms with van der Waals surface area (Å²) < 4.78 is 8.84. The molecule has 1 aliphatic rings. The molecule has 2 aromatic heterocycles. The van der Waals surface area contributed by atoms with Gasteiger partial charge in [0.2, 0.25) is 0 Å². The fourth-order valence-electron chi connectivity index (χ4n) is 3.38. The molecule has 2 aromatic rings. The van der Waals surface area contributed by atoms with E-state index in [1.807, 2.05) is 23.2 Å². The average Bonchev–Trinajstić information content (AvgIpc) is 3.29. The molecule has 24 heavy (non-hydrogen) atoms. The molecule has 130 valence electrons. The fraction of sp³-hybridized carbons (Fsp3) is 0.588. The lowest BCUT2D eigenvalue weighted by atomic mass is 10.2. The number of carbonyl (C=O) groups is 1. The maximum Gasteiger partial charge on any atom is 0.274 e. The normalized spacial score (nSPS) is 15.1. The van der Waals surface area contributed by atoms with Gasteiger partial charge in [0.25, 0.3) is 5.91 Å². The molecule has 0 aliphatic heterocycles. The molecule has 2 heterocycles. The highest BCUT2D eigenvalue weighted by atomic mass is 16.5. The van der Waals surface area contributed by atoms with E-state index in [1.165, 1.54) is 12.8 Å². The van der Waals surface area contributed by atoms with E-state index >= 15 is 0 Å². The standard InChI is InChI=1S/C17H25N5O2/c1-12-16(13(2)21(20-12)10-11-24-3)19-17(23)15-8-9-18-22(15)14-6-4-5-7-14/h8-9,14H,4-7,10-11H2,1-3H3,(H,19,23). The predicted octanol–water partition coefficient (Wildman–Crippen LogP) is 2.71. The second-order valence-corrected chi connectivity index (χ2v) is 6.32. The molecule has 0 bridgehead atoms. The van der Waals surface area contributed by atoms with Crippen LogP contribution in [-0.4, -0.2) is 39.2 Å². The summed E-state index contributed by atoms with van der Waals surface area (Å²) in [6.07, 6.45) is 6.30. The minimum absolute atomic E-state index is 0.128. The SMILES string of the molecule is COCCn1nc(C)c(NC(=O)c2ccnn2C2CCCC2)c1C. The minimum Gasteiger partial charge on any atom is -0.383 e. The molecule has 0 aromatic carbocycles. The van der Waals surface area contributed by atoms with Crippen LogP contribution in [0.4, 0.5) is 5.69 Å². The Labute approximate surface area is 142 Å². The molecule has 1 aliphatic carbocycles. The van der Waals surface area contributed by atoms with Gasteiger partial charge in [-0.25, -0.2) is 0 Å². The van der Waals surface area contributed by atoms with Crippen LogP contribution in [0.5, 0.6) is 0 Å². The molecule has 1 saturated carbocycles. The van der Waals surface area contributed by atoms with Crippen molar-refractivity contribution in [1.29, 1.82) is 0 Å². The van der Waals surface area contributed by atoms with Gasteiger partial charge in [0.15, 0.2) is 0 Å². The molecular formula is C17H25N5O2. The third kappa shape index (κ3) is 3.21. The third-order valence-electron chi connectivity index (χ3n) is 4.70. The Kier molecular flexibility index (Phi) is 4.99. The van der Waals surface area contributed by atoms with Crippen molar-refractivity contribution in [2.45, 2.75) is 52.1 Å². The van der Waals surface area contributed by atoms with Gasteiger partial charge in [0, 0.05) is 13.3 Å². The van der Waals surface area contributed by atoms with E-state index in [2.05, 4.69) is 15.5 Å². The van der Waals surface area contributed by atoms with E-state index < -0.39 is 0 Å². The Hall–Kier alpha value is -2.15. The van der Waals surface area contributed by atoms with E-state index in [1.54, 1.807) is 19.4 Å². The highest BCUT2D eigenvalue weighted by Gasteiger charge is 2.23. The number of hydrogen-bond donors (Lipinski definition) is 1. The molecule has 3 rings (SSSR count). The highest BCUT2D eigenvalue weighted by Crippen LogP contribution is 2.30. The fourth-order valence-corrected chi connectivity index (χ4v) is 3.38. The first-order chi connectivity index (χ1) is 11.6. The van der Waals surface area contributed by atoms with Crippen LogP contribution >= 0.6 is 0 Å². The molecule has 0 saturated heterocycles. The summed E-state index contributed by atoms with van der Waals surface area (Å²) in [5.41, 5.74) is 3.13. The molecular weight excluding hydrogens is 306 g/mol. The minimum atomic E-state index is -0.128. The molecule has 1 N–H and O–H groups in total. The van der Waals surface area contributed by atoms with Crippen molar-refractivity contribution < 1.29 is 9.53 Å². The van der Waals surface area contributed by atoms with E-state index in [0.717, 1.165) is 29.9 Å². The van der Waals surface area contributed by atoms with Crippen molar-refractivity contribution in [2.24, 2.45) is 0 Å². The number of ether oxygens (including phenoxy) is 1. The van der Waals surface area contributed by atoms with Crippen molar-refractivity contribution in [2.75, 3.05) is 19.0 Å². The summed E-state index contributed by atoms with van der Waals surface area (Å²) >= 11 is 0. The number of aryl methyl sites for hydroxylation is 1. The summed E-state index contributed by atoms with van der Waals surface area (Å²) in [7, 11) is 1.67. The van der Waals surface area contributed by atoms with Gasteiger partial charge < -0.3 is 10.1 Å². The van der Waals surface area contributed by atoms with Crippen LogP contribution < -0.4 is 5.32 Å².